The Morgan fingerprint density at radius 3 is 2.50 bits per heavy atom. The fourth-order valence-electron chi connectivity index (χ4n) is 3.84. The second kappa shape index (κ2) is 6.36. The Kier molecular flexibility index (Phi) is 3.86. The molecule has 5 rings (SSSR count). The second-order valence-electron chi connectivity index (χ2n) is 7.39. The lowest BCUT2D eigenvalue weighted by Gasteiger charge is -2.32. The molecule has 2 aliphatic heterocycles. The predicted molar refractivity (Wildman–Crippen MR) is 92.8 cm³/mol. The van der Waals surface area contributed by atoms with E-state index in [1.165, 1.54) is 12.8 Å². The molecule has 0 unspecified atom stereocenters. The fraction of sp³-hybridized carbons (Fsp3) is 0.579. The molecule has 7 heteroatoms. The average molecular weight is 351 g/mol. The molecular weight excluding hydrogens is 330 g/mol. The molecule has 0 aromatic carbocycles. The maximum Gasteiger partial charge on any atom is 0.219 e. The van der Waals surface area contributed by atoms with Crippen LogP contribution in [0.1, 0.15) is 66.1 Å². The molecule has 26 heavy (non-hydrogen) atoms. The number of fused-ring (bicyclic) bond motifs is 1. The van der Waals surface area contributed by atoms with Gasteiger partial charge in [0, 0.05) is 36.9 Å². The normalized spacial score (nSPS) is 20.7. The first-order valence-corrected chi connectivity index (χ1v) is 9.40. The summed E-state index contributed by atoms with van der Waals surface area (Å²) in [5.41, 5.74) is 2.75. The minimum absolute atomic E-state index is 0.308. The van der Waals surface area contributed by atoms with Crippen LogP contribution in [0.3, 0.4) is 0 Å². The lowest BCUT2D eigenvalue weighted by atomic mass is 9.96. The van der Waals surface area contributed by atoms with E-state index in [0.717, 1.165) is 61.2 Å². The topological polar surface area (TPSA) is 88.1 Å². The highest BCUT2D eigenvalue weighted by atomic mass is 16.5. The van der Waals surface area contributed by atoms with E-state index in [0.29, 0.717) is 30.6 Å². The standard InChI is InChI=1S/C19H21N5O2/c20-10-14-9-15-11-25-8-5-16(15)21-17(14)24-6-3-13(4-7-24)19-23-22-18(26-19)12-1-2-12/h9,12-13H,1-8,11H2. The van der Waals surface area contributed by atoms with Gasteiger partial charge in [-0.05, 0) is 31.7 Å². The van der Waals surface area contributed by atoms with Gasteiger partial charge in [-0.15, -0.1) is 10.2 Å². The molecule has 4 heterocycles. The van der Waals surface area contributed by atoms with Gasteiger partial charge in [0.15, 0.2) is 0 Å². The van der Waals surface area contributed by atoms with Crippen LogP contribution < -0.4 is 4.90 Å². The third-order valence-corrected chi connectivity index (χ3v) is 5.56. The Labute approximate surface area is 152 Å². The van der Waals surface area contributed by atoms with Crippen molar-refractivity contribution in [3.63, 3.8) is 0 Å². The third-order valence-electron chi connectivity index (χ3n) is 5.56. The fourth-order valence-corrected chi connectivity index (χ4v) is 3.84. The zero-order valence-electron chi connectivity index (χ0n) is 14.6. The van der Waals surface area contributed by atoms with Crippen molar-refractivity contribution in [1.29, 1.82) is 5.26 Å². The van der Waals surface area contributed by atoms with E-state index in [9.17, 15) is 5.26 Å². The summed E-state index contributed by atoms with van der Waals surface area (Å²) < 4.78 is 11.4. The first-order valence-electron chi connectivity index (χ1n) is 9.40. The SMILES string of the molecule is N#Cc1cc2c(nc1N1CCC(c3nnc(C4CC4)o3)CC1)CCOC2. The number of hydrogen-bond acceptors (Lipinski definition) is 7. The van der Waals surface area contributed by atoms with Crippen molar-refractivity contribution >= 4 is 5.82 Å². The summed E-state index contributed by atoms with van der Waals surface area (Å²) in [6, 6.07) is 4.26. The van der Waals surface area contributed by atoms with Gasteiger partial charge in [-0.1, -0.05) is 0 Å². The molecule has 0 bridgehead atoms. The minimum Gasteiger partial charge on any atom is -0.425 e. The van der Waals surface area contributed by atoms with E-state index in [1.807, 2.05) is 6.07 Å². The molecule has 2 aromatic heterocycles. The van der Waals surface area contributed by atoms with Crippen LogP contribution in [-0.2, 0) is 17.8 Å². The summed E-state index contributed by atoms with van der Waals surface area (Å²) in [4.78, 5) is 7.04. The molecule has 0 amide bonds. The highest BCUT2D eigenvalue weighted by Gasteiger charge is 2.32. The molecule has 1 saturated carbocycles. The number of anilines is 1. The van der Waals surface area contributed by atoms with Crippen LogP contribution in [0.25, 0.3) is 0 Å². The van der Waals surface area contributed by atoms with Crippen molar-refractivity contribution in [2.24, 2.45) is 0 Å². The van der Waals surface area contributed by atoms with Gasteiger partial charge in [0.2, 0.25) is 11.8 Å². The van der Waals surface area contributed by atoms with E-state index in [2.05, 4.69) is 21.2 Å². The molecule has 7 nitrogen and oxygen atoms in total. The zero-order chi connectivity index (χ0) is 17.5. The van der Waals surface area contributed by atoms with Crippen molar-refractivity contribution in [3.8, 4) is 6.07 Å². The van der Waals surface area contributed by atoms with Crippen LogP contribution in [0.15, 0.2) is 10.5 Å². The van der Waals surface area contributed by atoms with E-state index in [4.69, 9.17) is 14.1 Å². The lowest BCUT2D eigenvalue weighted by molar-refractivity contribution is 0.109. The number of ether oxygens (including phenoxy) is 1. The van der Waals surface area contributed by atoms with Crippen molar-refractivity contribution < 1.29 is 9.15 Å². The Balaban J connectivity index is 1.32. The van der Waals surface area contributed by atoms with Crippen LogP contribution in [0.4, 0.5) is 5.82 Å². The number of nitriles is 1. The van der Waals surface area contributed by atoms with Crippen LogP contribution in [-0.4, -0.2) is 34.9 Å². The number of pyridine rings is 1. The Hall–Kier alpha value is -2.46. The highest BCUT2D eigenvalue weighted by molar-refractivity contribution is 5.56. The van der Waals surface area contributed by atoms with Gasteiger partial charge in [-0.3, -0.25) is 0 Å². The van der Waals surface area contributed by atoms with Gasteiger partial charge in [0.1, 0.15) is 11.9 Å². The Bertz CT molecular complexity index is 859. The molecule has 2 fully saturated rings. The van der Waals surface area contributed by atoms with Crippen LogP contribution in [0.2, 0.25) is 0 Å². The van der Waals surface area contributed by atoms with E-state index in [-0.39, 0.29) is 0 Å². The first kappa shape index (κ1) is 15.8. The zero-order valence-corrected chi connectivity index (χ0v) is 14.6. The number of nitrogens with zero attached hydrogens (tertiary/aromatic N) is 5. The molecule has 0 N–H and O–H groups in total. The van der Waals surface area contributed by atoms with Crippen molar-refractivity contribution in [2.45, 2.75) is 50.5 Å². The van der Waals surface area contributed by atoms with Gasteiger partial charge in [-0.2, -0.15) is 5.26 Å². The summed E-state index contributed by atoms with van der Waals surface area (Å²) in [5, 5.41) is 18.0. The molecule has 0 spiro atoms. The molecule has 1 aliphatic carbocycles. The van der Waals surface area contributed by atoms with Crippen LogP contribution >= 0.6 is 0 Å². The summed E-state index contributed by atoms with van der Waals surface area (Å²) in [5.74, 6) is 3.21. The average Bonchev–Trinajstić information content (AvgIpc) is 3.44. The molecular formula is C19H21N5O2. The van der Waals surface area contributed by atoms with Crippen LogP contribution in [0, 0.1) is 11.3 Å². The van der Waals surface area contributed by atoms with Crippen molar-refractivity contribution in [1.82, 2.24) is 15.2 Å². The molecule has 0 atom stereocenters. The minimum atomic E-state index is 0.308. The Morgan fingerprint density at radius 2 is 1.81 bits per heavy atom. The smallest absolute Gasteiger partial charge is 0.219 e. The largest absolute Gasteiger partial charge is 0.425 e. The number of hydrogen-bond donors (Lipinski definition) is 0. The molecule has 134 valence electrons. The van der Waals surface area contributed by atoms with E-state index in [1.54, 1.807) is 0 Å². The Morgan fingerprint density at radius 1 is 1.08 bits per heavy atom. The van der Waals surface area contributed by atoms with Gasteiger partial charge in [-0.25, -0.2) is 4.98 Å². The maximum atomic E-state index is 9.55. The van der Waals surface area contributed by atoms with Crippen molar-refractivity contribution in [2.75, 3.05) is 24.6 Å². The number of rotatable bonds is 3. The second-order valence-corrected chi connectivity index (χ2v) is 7.39. The van der Waals surface area contributed by atoms with Gasteiger partial charge < -0.3 is 14.1 Å². The van der Waals surface area contributed by atoms with Gasteiger partial charge >= 0.3 is 0 Å². The summed E-state index contributed by atoms with van der Waals surface area (Å²) in [7, 11) is 0. The number of aromatic nitrogens is 3. The van der Waals surface area contributed by atoms with E-state index < -0.39 is 0 Å². The van der Waals surface area contributed by atoms with Crippen molar-refractivity contribution in [3.05, 3.63) is 34.7 Å². The highest BCUT2D eigenvalue weighted by Crippen LogP contribution is 2.40. The first-order chi connectivity index (χ1) is 12.8. The van der Waals surface area contributed by atoms with E-state index >= 15 is 0 Å². The predicted octanol–water partition coefficient (Wildman–Crippen LogP) is 2.67. The quantitative estimate of drug-likeness (QED) is 0.840. The summed E-state index contributed by atoms with van der Waals surface area (Å²) >= 11 is 0. The summed E-state index contributed by atoms with van der Waals surface area (Å²) in [6.45, 7) is 2.96. The molecule has 2 aromatic rings. The summed E-state index contributed by atoms with van der Waals surface area (Å²) in [6.07, 6.45) is 5.05. The van der Waals surface area contributed by atoms with Gasteiger partial charge in [0.25, 0.3) is 0 Å². The monoisotopic (exact) mass is 351 g/mol. The molecule has 3 aliphatic rings. The molecule has 0 radical (unpaired) electrons. The lowest BCUT2D eigenvalue weighted by Crippen LogP contribution is -2.34. The van der Waals surface area contributed by atoms with Gasteiger partial charge in [0.05, 0.1) is 24.5 Å². The third kappa shape index (κ3) is 2.84. The van der Waals surface area contributed by atoms with Crippen LogP contribution in [0.5, 0.6) is 0 Å². The number of piperidine rings is 1. The maximum absolute atomic E-state index is 9.55. The molecule has 1 saturated heterocycles.